The average Bonchev–Trinajstić information content (AvgIpc) is 3.39. The van der Waals surface area contributed by atoms with Crippen LogP contribution in [0.4, 0.5) is 5.69 Å². The van der Waals surface area contributed by atoms with Gasteiger partial charge < -0.3 is 40.9 Å². The van der Waals surface area contributed by atoms with E-state index in [4.69, 9.17) is 0 Å². The summed E-state index contributed by atoms with van der Waals surface area (Å²) in [5, 5.41) is 9.22. The van der Waals surface area contributed by atoms with Crippen LogP contribution in [0.3, 0.4) is 0 Å². The van der Waals surface area contributed by atoms with Gasteiger partial charge in [-0.25, -0.2) is 4.98 Å². The molecule has 21 nitrogen and oxygen atoms in total. The number of benzene rings is 2. The Morgan fingerprint density at radius 1 is 0.987 bits per heavy atom. The number of rotatable bonds is 16. The topological polar surface area (TPSA) is 270 Å². The van der Waals surface area contributed by atoms with E-state index in [9.17, 15) is 47.9 Å². The predicted octanol–water partition coefficient (Wildman–Crippen LogP) is 3.05. The zero-order valence-corrected chi connectivity index (χ0v) is 46.1. The molecule has 3 aromatic rings. The third-order valence-corrected chi connectivity index (χ3v) is 15.8. The van der Waals surface area contributed by atoms with Crippen LogP contribution in [0.5, 0.6) is 0 Å². The van der Waals surface area contributed by atoms with E-state index in [2.05, 4.69) is 49.4 Å². The number of hydrogen-bond donors (Lipinski definition) is 4. The smallest absolute Gasteiger partial charge is 0.272 e. The quantitative estimate of drug-likeness (QED) is 0.0695. The van der Waals surface area contributed by atoms with Gasteiger partial charge in [0.15, 0.2) is 5.12 Å². The Kier molecular flexibility index (Phi) is 23.7. The SMILES string of the molecule is C=C(CC(=O)SC[C@@H](NC(=O)C(C=Nc1ccccc1C)=C(C)C)C(=O)NCC)N(C)C(=O)C1CSSCC(N(C)C=O)C(=O)N(C)C(=C)C(=O)SC[C@@H](NC(=O)c2cnc3ccccc3n2)C(=O)NCC(=O)N1C. The highest BCUT2D eigenvalue weighted by Gasteiger charge is 2.35. The fourth-order valence-electron chi connectivity index (χ4n) is 6.68. The Labute approximate surface area is 451 Å². The van der Waals surface area contributed by atoms with Crippen molar-refractivity contribution in [2.75, 3.05) is 64.3 Å². The summed E-state index contributed by atoms with van der Waals surface area (Å²) in [5.41, 5.74) is 2.96. The molecule has 0 radical (unpaired) electrons. The van der Waals surface area contributed by atoms with Crippen molar-refractivity contribution in [1.82, 2.24) is 50.8 Å². The molecule has 75 heavy (non-hydrogen) atoms. The Balaban J connectivity index is 1.53. The second-order valence-corrected chi connectivity index (χ2v) is 21.6. The summed E-state index contributed by atoms with van der Waals surface area (Å²) in [6, 6.07) is 9.19. The summed E-state index contributed by atoms with van der Waals surface area (Å²) < 4.78 is 0. The largest absolute Gasteiger partial charge is 0.355 e. The third kappa shape index (κ3) is 17.4. The number of likely N-dealkylation sites (N-methyl/N-ethyl adjacent to an activating group) is 5. The van der Waals surface area contributed by atoms with E-state index in [0.29, 0.717) is 40.5 Å². The molecule has 1 saturated heterocycles. The molecule has 2 heterocycles. The molecule has 1 aromatic heterocycles. The van der Waals surface area contributed by atoms with Gasteiger partial charge in [0.1, 0.15) is 29.9 Å². The van der Waals surface area contributed by atoms with Crippen molar-refractivity contribution in [2.45, 2.75) is 58.3 Å². The molecule has 0 aliphatic carbocycles. The number of allylic oxidation sites excluding steroid dienone is 2. The normalized spacial score (nSPS) is 17.8. The number of nitrogens with zero attached hydrogens (tertiary/aromatic N) is 7. The molecule has 0 spiro atoms. The summed E-state index contributed by atoms with van der Waals surface area (Å²) in [7, 11) is 7.59. The van der Waals surface area contributed by atoms with E-state index >= 15 is 0 Å². The number of carbonyl (C=O) groups is 10. The molecule has 8 amide bonds. The monoisotopic (exact) mass is 1100 g/mol. The molecule has 0 saturated carbocycles. The van der Waals surface area contributed by atoms with Crippen LogP contribution < -0.4 is 21.3 Å². The summed E-state index contributed by atoms with van der Waals surface area (Å²) in [5.74, 6) is -5.59. The van der Waals surface area contributed by atoms with Gasteiger partial charge in [-0.2, -0.15) is 0 Å². The molecular weight excluding hydrogens is 1040 g/mol. The van der Waals surface area contributed by atoms with E-state index in [1.54, 1.807) is 51.1 Å². The van der Waals surface area contributed by atoms with Gasteiger partial charge in [-0.15, -0.1) is 0 Å². The van der Waals surface area contributed by atoms with E-state index in [-0.39, 0.29) is 58.6 Å². The van der Waals surface area contributed by atoms with Crippen LogP contribution in [0.15, 0.2) is 95.4 Å². The third-order valence-electron chi connectivity index (χ3n) is 11.5. The minimum absolute atomic E-state index is 0.0271. The minimum Gasteiger partial charge on any atom is -0.355 e. The van der Waals surface area contributed by atoms with E-state index < -0.39 is 82.3 Å². The Morgan fingerprint density at radius 3 is 2.32 bits per heavy atom. The van der Waals surface area contributed by atoms with Crippen molar-refractivity contribution < 1.29 is 47.9 Å². The first-order chi connectivity index (χ1) is 35.6. The van der Waals surface area contributed by atoms with Crippen molar-refractivity contribution in [3.8, 4) is 0 Å². The molecule has 1 aliphatic heterocycles. The van der Waals surface area contributed by atoms with Gasteiger partial charge in [0.2, 0.25) is 41.1 Å². The Bertz CT molecular complexity index is 2770. The van der Waals surface area contributed by atoms with Crippen LogP contribution in [0, 0.1) is 6.92 Å². The zero-order valence-electron chi connectivity index (χ0n) is 42.9. The van der Waals surface area contributed by atoms with E-state index in [0.717, 1.165) is 58.5 Å². The number of fused-ring (bicyclic) bond motifs is 1. The maximum Gasteiger partial charge on any atom is 0.272 e. The van der Waals surface area contributed by atoms with Gasteiger partial charge >= 0.3 is 0 Å². The van der Waals surface area contributed by atoms with Crippen LogP contribution in [0.2, 0.25) is 0 Å². The van der Waals surface area contributed by atoms with Gasteiger partial charge in [-0.3, -0.25) is 57.9 Å². The lowest BCUT2D eigenvalue weighted by Crippen LogP contribution is -2.54. The van der Waals surface area contributed by atoms with Crippen molar-refractivity contribution in [3.63, 3.8) is 0 Å². The minimum atomic E-state index is -1.46. The number of aliphatic imine (C=N–C) groups is 1. The van der Waals surface area contributed by atoms with Crippen molar-refractivity contribution in [1.29, 1.82) is 0 Å². The lowest BCUT2D eigenvalue weighted by Gasteiger charge is -2.32. The number of carbonyl (C=O) groups excluding carboxylic acids is 10. The Morgan fingerprint density at radius 2 is 1.65 bits per heavy atom. The molecule has 1 aliphatic rings. The molecule has 4 atom stereocenters. The maximum absolute atomic E-state index is 14.4. The van der Waals surface area contributed by atoms with Crippen molar-refractivity contribution in [3.05, 3.63) is 102 Å². The maximum atomic E-state index is 14.4. The highest BCUT2D eigenvalue weighted by Crippen LogP contribution is 2.28. The van der Waals surface area contributed by atoms with Crippen LogP contribution >= 0.6 is 45.1 Å². The first-order valence-electron chi connectivity index (χ1n) is 23.2. The highest BCUT2D eigenvalue weighted by atomic mass is 33.1. The number of aromatic nitrogens is 2. The van der Waals surface area contributed by atoms with E-state index in [1.807, 2.05) is 25.1 Å². The van der Waals surface area contributed by atoms with Crippen LogP contribution in [-0.2, 0) is 43.2 Å². The van der Waals surface area contributed by atoms with Crippen LogP contribution in [0.1, 0.15) is 43.2 Å². The average molecular weight is 1100 g/mol. The van der Waals surface area contributed by atoms with Crippen LogP contribution in [0.25, 0.3) is 11.0 Å². The summed E-state index contributed by atoms with van der Waals surface area (Å²) in [4.78, 5) is 152. The Hall–Kier alpha value is -6.83. The van der Waals surface area contributed by atoms with Gasteiger partial charge in [0, 0.05) is 69.7 Å². The lowest BCUT2D eigenvalue weighted by molar-refractivity contribution is -0.141. The molecule has 25 heteroatoms. The predicted molar refractivity (Wildman–Crippen MR) is 295 cm³/mol. The first-order valence-corrected chi connectivity index (χ1v) is 27.6. The molecule has 4 rings (SSSR count). The summed E-state index contributed by atoms with van der Waals surface area (Å²) in [6.07, 6.45) is 2.70. The first kappa shape index (κ1) is 60.7. The molecule has 0 bridgehead atoms. The number of para-hydroxylation sites is 3. The number of amides is 8. The number of nitrogens with one attached hydrogen (secondary N) is 4. The lowest BCUT2D eigenvalue weighted by atomic mass is 10.1. The molecule has 1 fully saturated rings. The van der Waals surface area contributed by atoms with Crippen molar-refractivity contribution in [2.24, 2.45) is 4.99 Å². The van der Waals surface area contributed by atoms with Gasteiger partial charge in [-0.1, -0.05) is 94.2 Å². The van der Waals surface area contributed by atoms with Crippen LogP contribution in [-0.4, -0.2) is 182 Å². The number of hydrogen-bond acceptors (Lipinski definition) is 17. The van der Waals surface area contributed by atoms with E-state index in [1.165, 1.54) is 40.6 Å². The second-order valence-electron chi connectivity index (χ2n) is 17.0. The fraction of sp³-hybridized carbons (Fsp3) is 0.380. The number of thioether (sulfide) groups is 2. The molecular formula is C50H61N11O10S4. The molecule has 2 aromatic carbocycles. The molecule has 400 valence electrons. The molecule has 2 unspecified atom stereocenters. The summed E-state index contributed by atoms with van der Waals surface area (Å²) in [6.45, 7) is 14.4. The second kappa shape index (κ2) is 29.3. The van der Waals surface area contributed by atoms with Crippen molar-refractivity contribution >= 4 is 126 Å². The fourth-order valence-corrected chi connectivity index (χ4v) is 10.9. The summed E-state index contributed by atoms with van der Waals surface area (Å²) >= 11 is 1.32. The van der Waals surface area contributed by atoms with Gasteiger partial charge in [0.25, 0.3) is 11.8 Å². The number of aryl methyl sites for hydroxylation is 1. The highest BCUT2D eigenvalue weighted by molar-refractivity contribution is 8.76. The zero-order chi connectivity index (χ0) is 55.5. The van der Waals surface area contributed by atoms with Gasteiger partial charge in [0.05, 0.1) is 47.2 Å². The standard InChI is InChI=1S/C50H61N11O10S4/c1-11-51-45(66)38(56-44(65)33(29(2)3)21-52-34-17-13-12-16-30(34)4)24-72-43(64)20-31(5)59(8)49(70)41-27-75-74-26-40(58(7)28-62)48(69)60(9)32(6)50(71)73-25-39(46(67)54-23-42(63)61(41)10)57-47(68)37-22-53-35-18-14-15-19-36(35)55-37/h12-19,21-22,28,38-41H,5-6,11,20,23-27H2,1-4,7-10H3,(H,51,66)(H,54,67)(H,56,65)(H,57,68)/t38-,39-,40?,41?/m1/s1. The van der Waals surface area contributed by atoms with Gasteiger partial charge in [-0.05, 0) is 51.5 Å². The molecule has 4 N–H and O–H groups in total.